The second-order valence-corrected chi connectivity index (χ2v) is 19.2. The second kappa shape index (κ2) is 23.7. The van der Waals surface area contributed by atoms with Gasteiger partial charge in [0.1, 0.15) is 31.5 Å². The smallest absolute Gasteiger partial charge is 0.339 e. The Morgan fingerprint density at radius 3 is 2.25 bits per heavy atom. The lowest BCUT2D eigenvalue weighted by atomic mass is 9.84. The molecule has 0 bridgehead atoms. The van der Waals surface area contributed by atoms with Gasteiger partial charge in [0.05, 0.1) is 36.4 Å². The molecule has 4 N–H and O–H groups in total. The Labute approximate surface area is 414 Å². The minimum atomic E-state index is -1.20. The molecule has 4 aliphatic rings. The molecule has 16 heteroatoms. The number of carboxylic acids is 1. The van der Waals surface area contributed by atoms with Gasteiger partial charge in [0.15, 0.2) is 12.4 Å². The molecule has 1 saturated heterocycles. The topological polar surface area (TPSA) is 200 Å². The van der Waals surface area contributed by atoms with Crippen LogP contribution in [0.2, 0.25) is 0 Å². The van der Waals surface area contributed by atoms with E-state index in [0.717, 1.165) is 43.1 Å². The van der Waals surface area contributed by atoms with E-state index < -0.39 is 48.2 Å². The summed E-state index contributed by atoms with van der Waals surface area (Å²) in [5, 5.41) is 21.0. The van der Waals surface area contributed by atoms with Gasteiger partial charge in [-0.1, -0.05) is 56.4 Å². The number of urea groups is 1. The van der Waals surface area contributed by atoms with E-state index in [1.165, 1.54) is 6.07 Å². The molecule has 3 aromatic carbocycles. The lowest BCUT2D eigenvalue weighted by molar-refractivity contribution is -0.130. The highest BCUT2D eigenvalue weighted by molar-refractivity contribution is 6.09. The van der Waals surface area contributed by atoms with Crippen molar-refractivity contribution >= 4 is 52.2 Å². The number of anilines is 1. The molecule has 1 saturated carbocycles. The van der Waals surface area contributed by atoms with Gasteiger partial charge in [-0.05, 0) is 92.5 Å². The molecule has 7 rings (SSSR count). The zero-order chi connectivity index (χ0) is 50.8. The average molecular weight is 972 g/mol. The molecule has 16 nitrogen and oxygen atoms in total. The number of fused-ring (bicyclic) bond motifs is 2. The fraction of sp³-hybridized carbons (Fsp3) is 0.436. The van der Waals surface area contributed by atoms with Crippen LogP contribution >= 0.6 is 0 Å². The number of nitrogens with one attached hydrogen (secondary N) is 3. The van der Waals surface area contributed by atoms with Crippen LogP contribution in [-0.4, -0.2) is 125 Å². The summed E-state index contributed by atoms with van der Waals surface area (Å²) in [4.78, 5) is 85.0. The average Bonchev–Trinajstić information content (AvgIpc) is 3.36. The third kappa shape index (κ3) is 12.8. The SMILES string of the molecule is Cc1cccc(C)c1C(=O)OCC(=O)[C@H](CCCCNC(=O)c1ccc(-c2c3ccc(=[N+](C)C)cc-3oc3cc(N(C)C)ccc23)c(C(=O)O)c1)NC(=O)[C@H](CC1CCCCC1)NC(=O)N1CCOCC1. The monoisotopic (exact) mass is 971 g/mol. The molecule has 71 heavy (non-hydrogen) atoms. The minimum Gasteiger partial charge on any atom is -0.478 e. The molecule has 2 aliphatic heterocycles. The molecule has 0 unspecified atom stereocenters. The first-order valence-corrected chi connectivity index (χ1v) is 24.6. The standard InChI is InChI=1S/C55H66N6O10/c1-34-13-12-14-35(2)49(34)54(67)70-33-46(62)44(57-52(64)45(29-36-15-8-7-9-16-36)58-55(68)61-25-27-69-28-26-61)17-10-11-24-56-51(63)37-18-21-40(43(30-37)53(65)66)50-41-22-19-38(59(3)4)31-47(41)71-48-32-39(60(5)6)20-23-42(48)50/h12-14,18-23,30-32,36,44-45H,7-11,15-17,24-29,33H2,1-6H3,(H3-,56,57,58,63,64,65,66,68)/p+1/t44-,45-/m0/s1. The van der Waals surface area contributed by atoms with E-state index in [2.05, 4.69) is 16.0 Å². The van der Waals surface area contributed by atoms with Crippen LogP contribution in [0.4, 0.5) is 10.5 Å². The number of benzene rings is 4. The highest BCUT2D eigenvalue weighted by Gasteiger charge is 2.32. The van der Waals surface area contributed by atoms with Crippen molar-refractivity contribution in [2.75, 3.05) is 72.5 Å². The van der Waals surface area contributed by atoms with Gasteiger partial charge in [-0.15, -0.1) is 0 Å². The van der Waals surface area contributed by atoms with Crippen LogP contribution < -0.4 is 30.8 Å². The van der Waals surface area contributed by atoms with E-state index in [9.17, 15) is 33.9 Å². The largest absolute Gasteiger partial charge is 0.478 e. The van der Waals surface area contributed by atoms with Crippen molar-refractivity contribution in [2.24, 2.45) is 5.92 Å². The van der Waals surface area contributed by atoms with Gasteiger partial charge >= 0.3 is 18.0 Å². The minimum absolute atomic E-state index is 0.0573. The van der Waals surface area contributed by atoms with Crippen molar-refractivity contribution in [3.05, 3.63) is 106 Å². The number of ether oxygens (including phenoxy) is 2. The van der Waals surface area contributed by atoms with E-state index in [0.29, 0.717) is 95.7 Å². The van der Waals surface area contributed by atoms with Crippen LogP contribution in [0.3, 0.4) is 0 Å². The number of amides is 4. The lowest BCUT2D eigenvalue weighted by Crippen LogP contribution is -2.56. The van der Waals surface area contributed by atoms with Crippen molar-refractivity contribution in [1.82, 2.24) is 25.4 Å². The highest BCUT2D eigenvalue weighted by Crippen LogP contribution is 2.42. The number of carbonyl (C=O) groups excluding carboxylic acids is 5. The molecule has 0 aromatic heterocycles. The summed E-state index contributed by atoms with van der Waals surface area (Å²) >= 11 is 0. The summed E-state index contributed by atoms with van der Waals surface area (Å²) < 4.78 is 19.4. The molecule has 2 heterocycles. The summed E-state index contributed by atoms with van der Waals surface area (Å²) in [6.07, 6.45) is 6.44. The third-order valence-electron chi connectivity index (χ3n) is 13.7. The fourth-order valence-electron chi connectivity index (χ4n) is 9.60. The quantitative estimate of drug-likeness (QED) is 0.0311. The van der Waals surface area contributed by atoms with E-state index in [1.807, 2.05) is 80.1 Å². The van der Waals surface area contributed by atoms with E-state index in [4.69, 9.17) is 13.9 Å². The zero-order valence-electron chi connectivity index (χ0n) is 41.7. The first-order chi connectivity index (χ1) is 34.1. The highest BCUT2D eigenvalue weighted by atomic mass is 16.5. The van der Waals surface area contributed by atoms with Gasteiger partial charge in [0.25, 0.3) is 5.91 Å². The molecular formula is C55H67N6O10+. The molecular weight excluding hydrogens is 905 g/mol. The predicted octanol–water partition coefficient (Wildman–Crippen LogP) is 6.81. The second-order valence-electron chi connectivity index (χ2n) is 19.2. The molecule has 4 amide bonds. The molecule has 0 spiro atoms. The molecule has 2 atom stereocenters. The van der Waals surface area contributed by atoms with E-state index in [-0.39, 0.29) is 36.0 Å². The normalized spacial score (nSPS) is 14.9. The molecule has 0 radical (unpaired) electrons. The maximum atomic E-state index is 14.2. The van der Waals surface area contributed by atoms with Crippen LogP contribution in [0, 0.1) is 19.8 Å². The number of rotatable bonds is 18. The van der Waals surface area contributed by atoms with Crippen molar-refractivity contribution in [1.29, 1.82) is 0 Å². The molecule has 2 aliphatic carbocycles. The number of Topliss-reactive ketones (excluding diaryl/α,β-unsaturated/α-hetero) is 1. The maximum Gasteiger partial charge on any atom is 0.339 e. The van der Waals surface area contributed by atoms with Crippen LogP contribution in [0.1, 0.15) is 100.0 Å². The van der Waals surface area contributed by atoms with Crippen molar-refractivity contribution in [3.8, 4) is 22.5 Å². The van der Waals surface area contributed by atoms with Gasteiger partial charge < -0.3 is 44.7 Å². The molecule has 376 valence electrons. The van der Waals surface area contributed by atoms with Crippen LogP contribution in [0.25, 0.3) is 33.4 Å². The Kier molecular flexibility index (Phi) is 17.3. The van der Waals surface area contributed by atoms with Gasteiger partial charge in [-0.3, -0.25) is 14.4 Å². The number of morpholine rings is 1. The Balaban J connectivity index is 1.06. The van der Waals surface area contributed by atoms with Crippen LogP contribution in [-0.2, 0) is 19.1 Å². The van der Waals surface area contributed by atoms with Crippen LogP contribution in [0.5, 0.6) is 0 Å². The number of hydrogen-bond donors (Lipinski definition) is 4. The number of nitrogens with zero attached hydrogens (tertiary/aromatic N) is 3. The zero-order valence-corrected chi connectivity index (χ0v) is 41.7. The van der Waals surface area contributed by atoms with Gasteiger partial charge in [-0.2, -0.15) is 0 Å². The van der Waals surface area contributed by atoms with Gasteiger partial charge in [0.2, 0.25) is 11.3 Å². The Bertz CT molecular complexity index is 2800. The number of carbonyl (C=O) groups is 6. The Morgan fingerprint density at radius 1 is 0.845 bits per heavy atom. The van der Waals surface area contributed by atoms with Crippen molar-refractivity contribution < 1.29 is 47.8 Å². The third-order valence-corrected chi connectivity index (χ3v) is 13.7. The summed E-state index contributed by atoms with van der Waals surface area (Å²) in [6, 6.07) is 19.3. The van der Waals surface area contributed by atoms with Crippen LogP contribution in [0.15, 0.2) is 77.2 Å². The number of ketones is 1. The first kappa shape index (κ1) is 51.8. The number of hydrogen-bond acceptors (Lipinski definition) is 10. The van der Waals surface area contributed by atoms with Crippen molar-refractivity contribution in [2.45, 2.75) is 83.7 Å². The van der Waals surface area contributed by atoms with Crippen molar-refractivity contribution in [3.63, 3.8) is 0 Å². The fourth-order valence-corrected chi connectivity index (χ4v) is 9.60. The van der Waals surface area contributed by atoms with E-state index >= 15 is 0 Å². The van der Waals surface area contributed by atoms with E-state index in [1.54, 1.807) is 43.0 Å². The summed E-state index contributed by atoms with van der Waals surface area (Å²) in [5.41, 5.74) is 5.16. The van der Waals surface area contributed by atoms with Gasteiger partial charge in [-0.25, -0.2) is 19.0 Å². The summed E-state index contributed by atoms with van der Waals surface area (Å²) in [7, 11) is 7.72. The predicted molar refractivity (Wildman–Crippen MR) is 272 cm³/mol. The first-order valence-electron chi connectivity index (χ1n) is 24.6. The summed E-state index contributed by atoms with van der Waals surface area (Å²) in [5.74, 6) is -2.54. The number of carboxylic acid groups (broad SMARTS) is 1. The molecule has 3 aromatic rings. The van der Waals surface area contributed by atoms with Gasteiger partial charge in [0, 0.05) is 73.6 Å². The number of esters is 1. The number of aryl methyl sites for hydroxylation is 2. The number of unbranched alkanes of at least 4 members (excludes halogenated alkanes) is 1. The lowest BCUT2D eigenvalue weighted by Gasteiger charge is -2.31. The maximum absolute atomic E-state index is 14.2. The number of aromatic carboxylic acids is 1. The summed E-state index contributed by atoms with van der Waals surface area (Å²) in [6.45, 7) is 4.77. The Morgan fingerprint density at radius 2 is 1.56 bits per heavy atom. The molecule has 2 fully saturated rings. The Hall–Kier alpha value is -7.07.